The molecule has 1 aliphatic carbocycles. The molecule has 3 heteroatoms. The minimum absolute atomic E-state index is 0.744. The molecule has 0 saturated heterocycles. The van der Waals surface area contributed by atoms with Crippen LogP contribution in [0.3, 0.4) is 0 Å². The monoisotopic (exact) mass is 338 g/mol. The summed E-state index contributed by atoms with van der Waals surface area (Å²) >= 11 is 3.55. The third-order valence-electron chi connectivity index (χ3n) is 4.32. The Balaban J connectivity index is 1.78. The molecule has 0 aliphatic heterocycles. The third-order valence-corrected chi connectivity index (χ3v) is 4.82. The maximum absolute atomic E-state index is 3.66. The molecular weight excluding hydrogens is 312 g/mol. The normalized spacial score (nSPS) is 23.2. The van der Waals surface area contributed by atoms with Crippen LogP contribution in [-0.4, -0.2) is 30.6 Å². The summed E-state index contributed by atoms with van der Waals surface area (Å²) in [5.41, 5.74) is 1.40. The van der Waals surface area contributed by atoms with Crippen molar-refractivity contribution in [2.24, 2.45) is 0 Å². The predicted molar refractivity (Wildman–Crippen MR) is 89.9 cm³/mol. The van der Waals surface area contributed by atoms with E-state index in [4.69, 9.17) is 0 Å². The van der Waals surface area contributed by atoms with E-state index in [0.717, 1.165) is 18.6 Å². The summed E-state index contributed by atoms with van der Waals surface area (Å²) in [6.07, 6.45) is 6.54. The first-order valence-corrected chi connectivity index (χ1v) is 8.66. The van der Waals surface area contributed by atoms with Crippen molar-refractivity contribution in [2.45, 2.75) is 57.7 Å². The lowest BCUT2D eigenvalue weighted by molar-refractivity contribution is 0.168. The molecule has 0 unspecified atom stereocenters. The topological polar surface area (TPSA) is 15.3 Å². The smallest absolute Gasteiger partial charge is 0.0234 e. The molecule has 1 fully saturated rings. The van der Waals surface area contributed by atoms with Gasteiger partial charge in [-0.1, -0.05) is 35.0 Å². The van der Waals surface area contributed by atoms with Crippen LogP contribution in [0.1, 0.15) is 44.6 Å². The van der Waals surface area contributed by atoms with Crippen LogP contribution in [0, 0.1) is 0 Å². The van der Waals surface area contributed by atoms with E-state index in [1.807, 2.05) is 0 Å². The van der Waals surface area contributed by atoms with Gasteiger partial charge in [-0.05, 0) is 63.4 Å². The van der Waals surface area contributed by atoms with E-state index in [2.05, 4.69) is 64.4 Å². The van der Waals surface area contributed by atoms with Crippen molar-refractivity contribution in [1.82, 2.24) is 10.2 Å². The van der Waals surface area contributed by atoms with Crippen LogP contribution >= 0.6 is 15.9 Å². The van der Waals surface area contributed by atoms with Crippen LogP contribution in [-0.2, 0) is 6.54 Å². The van der Waals surface area contributed by atoms with Crippen molar-refractivity contribution >= 4 is 15.9 Å². The minimum Gasteiger partial charge on any atom is -0.314 e. The maximum Gasteiger partial charge on any atom is 0.0234 e. The van der Waals surface area contributed by atoms with Crippen molar-refractivity contribution in [1.29, 1.82) is 0 Å². The summed E-state index contributed by atoms with van der Waals surface area (Å²) in [5.74, 6) is 0. The van der Waals surface area contributed by atoms with Gasteiger partial charge in [0.05, 0.1) is 0 Å². The molecule has 1 aromatic carbocycles. The lowest BCUT2D eigenvalue weighted by atomic mass is 9.90. The molecular formula is C17H27BrN2. The Morgan fingerprint density at radius 1 is 1.25 bits per heavy atom. The van der Waals surface area contributed by atoms with Crippen LogP contribution in [0.4, 0.5) is 0 Å². The maximum atomic E-state index is 3.66. The SMILES string of the molecule is CCCNC1CCC(N(C)Cc2cccc(Br)c2)CC1. The van der Waals surface area contributed by atoms with Gasteiger partial charge in [-0.3, -0.25) is 4.90 Å². The molecule has 0 aromatic heterocycles. The fourth-order valence-electron chi connectivity index (χ4n) is 3.12. The molecule has 0 radical (unpaired) electrons. The Kier molecular flexibility index (Phi) is 6.53. The molecule has 2 nitrogen and oxygen atoms in total. The van der Waals surface area contributed by atoms with E-state index in [0.29, 0.717) is 0 Å². The van der Waals surface area contributed by atoms with E-state index >= 15 is 0 Å². The van der Waals surface area contributed by atoms with Gasteiger partial charge in [0.25, 0.3) is 0 Å². The molecule has 0 amide bonds. The van der Waals surface area contributed by atoms with Crippen molar-refractivity contribution in [2.75, 3.05) is 13.6 Å². The van der Waals surface area contributed by atoms with E-state index in [9.17, 15) is 0 Å². The number of nitrogens with zero attached hydrogens (tertiary/aromatic N) is 1. The lowest BCUT2D eigenvalue weighted by Gasteiger charge is -2.35. The first-order chi connectivity index (χ1) is 9.69. The zero-order valence-corrected chi connectivity index (χ0v) is 14.3. The molecule has 112 valence electrons. The molecule has 1 aromatic rings. The van der Waals surface area contributed by atoms with Crippen LogP contribution in [0.5, 0.6) is 0 Å². The number of benzene rings is 1. The standard InChI is InChI=1S/C17H27BrN2/c1-3-11-19-16-7-9-17(10-8-16)20(2)13-14-5-4-6-15(18)12-14/h4-6,12,16-17,19H,3,7-11,13H2,1-2H3. The third kappa shape index (κ3) is 4.87. The van der Waals surface area contributed by atoms with Crippen LogP contribution in [0.2, 0.25) is 0 Å². The van der Waals surface area contributed by atoms with Gasteiger partial charge in [0, 0.05) is 23.1 Å². The highest BCUT2D eigenvalue weighted by Crippen LogP contribution is 2.24. The molecule has 1 aliphatic rings. The number of halogens is 1. The second kappa shape index (κ2) is 8.16. The molecule has 1 saturated carbocycles. The van der Waals surface area contributed by atoms with Gasteiger partial charge in [-0.2, -0.15) is 0 Å². The highest BCUT2D eigenvalue weighted by atomic mass is 79.9. The molecule has 20 heavy (non-hydrogen) atoms. The second-order valence-electron chi connectivity index (χ2n) is 6.00. The highest BCUT2D eigenvalue weighted by Gasteiger charge is 2.23. The fraction of sp³-hybridized carbons (Fsp3) is 0.647. The molecule has 2 rings (SSSR count). The molecule has 0 spiro atoms. The second-order valence-corrected chi connectivity index (χ2v) is 6.92. The number of rotatable bonds is 6. The van der Waals surface area contributed by atoms with Gasteiger partial charge in [0.15, 0.2) is 0 Å². The zero-order chi connectivity index (χ0) is 14.4. The van der Waals surface area contributed by atoms with Crippen LogP contribution in [0.25, 0.3) is 0 Å². The van der Waals surface area contributed by atoms with Gasteiger partial charge >= 0.3 is 0 Å². The van der Waals surface area contributed by atoms with Crippen molar-refractivity contribution in [3.63, 3.8) is 0 Å². The quantitative estimate of drug-likeness (QED) is 0.836. The van der Waals surface area contributed by atoms with Crippen LogP contribution in [0.15, 0.2) is 28.7 Å². The van der Waals surface area contributed by atoms with E-state index < -0.39 is 0 Å². The first-order valence-electron chi connectivity index (χ1n) is 7.87. The fourth-order valence-corrected chi connectivity index (χ4v) is 3.57. The average molecular weight is 339 g/mol. The van der Waals surface area contributed by atoms with Gasteiger partial charge in [0.1, 0.15) is 0 Å². The molecule has 0 atom stereocenters. The van der Waals surface area contributed by atoms with Gasteiger partial charge in [-0.25, -0.2) is 0 Å². The first kappa shape index (κ1) is 16.0. The van der Waals surface area contributed by atoms with Crippen molar-refractivity contribution in [3.8, 4) is 0 Å². The average Bonchev–Trinajstić information content (AvgIpc) is 2.45. The summed E-state index contributed by atoms with van der Waals surface area (Å²) in [6, 6.07) is 10.2. The Bertz CT molecular complexity index is 400. The highest BCUT2D eigenvalue weighted by molar-refractivity contribution is 9.10. The molecule has 0 heterocycles. The summed E-state index contributed by atoms with van der Waals surface area (Å²) in [5, 5.41) is 3.66. The lowest BCUT2D eigenvalue weighted by Crippen LogP contribution is -2.40. The van der Waals surface area contributed by atoms with E-state index in [-0.39, 0.29) is 0 Å². The Morgan fingerprint density at radius 2 is 2.00 bits per heavy atom. The Labute approximate surface area is 132 Å². The largest absolute Gasteiger partial charge is 0.314 e. The Morgan fingerprint density at radius 3 is 2.65 bits per heavy atom. The number of hydrogen-bond donors (Lipinski definition) is 1. The van der Waals surface area contributed by atoms with Gasteiger partial charge in [-0.15, -0.1) is 0 Å². The summed E-state index contributed by atoms with van der Waals surface area (Å²) in [6.45, 7) is 4.46. The molecule has 0 bridgehead atoms. The number of nitrogens with one attached hydrogen (secondary N) is 1. The Hall–Kier alpha value is -0.380. The zero-order valence-electron chi connectivity index (χ0n) is 12.7. The summed E-state index contributed by atoms with van der Waals surface area (Å²) in [4.78, 5) is 2.53. The van der Waals surface area contributed by atoms with E-state index in [1.54, 1.807) is 0 Å². The van der Waals surface area contributed by atoms with Crippen LogP contribution < -0.4 is 5.32 Å². The van der Waals surface area contributed by atoms with Gasteiger partial charge in [0.2, 0.25) is 0 Å². The van der Waals surface area contributed by atoms with Crippen molar-refractivity contribution in [3.05, 3.63) is 34.3 Å². The molecule has 1 N–H and O–H groups in total. The van der Waals surface area contributed by atoms with Crippen molar-refractivity contribution < 1.29 is 0 Å². The van der Waals surface area contributed by atoms with Gasteiger partial charge < -0.3 is 5.32 Å². The predicted octanol–water partition coefficient (Wildman–Crippen LogP) is 4.19. The summed E-state index contributed by atoms with van der Waals surface area (Å²) in [7, 11) is 2.27. The summed E-state index contributed by atoms with van der Waals surface area (Å²) < 4.78 is 1.18. The number of hydrogen-bond acceptors (Lipinski definition) is 2. The minimum atomic E-state index is 0.744. The van der Waals surface area contributed by atoms with E-state index in [1.165, 1.54) is 48.7 Å².